The molecular formula is C25H25N3O3S. The van der Waals surface area contributed by atoms with Crippen LogP contribution < -0.4 is 4.90 Å². The Morgan fingerprint density at radius 1 is 1.06 bits per heavy atom. The Hall–Kier alpha value is -3.37. The monoisotopic (exact) mass is 447 g/mol. The largest absolute Gasteiger partial charge is 0.342 e. The van der Waals surface area contributed by atoms with Gasteiger partial charge in [-0.1, -0.05) is 31.5 Å². The fourth-order valence-electron chi connectivity index (χ4n) is 4.37. The van der Waals surface area contributed by atoms with E-state index in [4.69, 9.17) is 0 Å². The van der Waals surface area contributed by atoms with E-state index in [9.17, 15) is 18.5 Å². The first kappa shape index (κ1) is 21.8. The molecule has 0 bridgehead atoms. The minimum absolute atomic E-state index is 0.0892. The van der Waals surface area contributed by atoms with Gasteiger partial charge in [0.15, 0.2) is 9.84 Å². The Morgan fingerprint density at radius 3 is 2.38 bits per heavy atom. The molecular weight excluding hydrogens is 422 g/mol. The molecule has 6 nitrogen and oxygen atoms in total. The molecule has 164 valence electrons. The molecule has 1 aliphatic rings. The second-order valence-electron chi connectivity index (χ2n) is 8.34. The third kappa shape index (κ3) is 4.06. The molecule has 2 heterocycles. The van der Waals surface area contributed by atoms with Gasteiger partial charge in [0.05, 0.1) is 17.9 Å². The van der Waals surface area contributed by atoms with Crippen molar-refractivity contribution in [2.24, 2.45) is 7.05 Å². The number of hydrogen-bond donors (Lipinski definition) is 0. The Kier molecular flexibility index (Phi) is 5.66. The molecule has 0 saturated heterocycles. The highest BCUT2D eigenvalue weighted by Gasteiger charge is 2.30. The normalized spacial score (nSPS) is 13.3. The van der Waals surface area contributed by atoms with E-state index in [-0.39, 0.29) is 18.1 Å². The van der Waals surface area contributed by atoms with Gasteiger partial charge in [-0.25, -0.2) is 8.42 Å². The Morgan fingerprint density at radius 2 is 1.75 bits per heavy atom. The number of amides is 1. The number of aryl methyl sites for hydroxylation is 2. The maximum Gasteiger partial charge on any atom is 0.236 e. The third-order valence-corrected chi connectivity index (χ3v) is 6.58. The number of anilines is 2. The Bertz CT molecular complexity index is 1350. The third-order valence-electron chi connectivity index (χ3n) is 5.72. The van der Waals surface area contributed by atoms with E-state index in [2.05, 4.69) is 13.0 Å². The van der Waals surface area contributed by atoms with E-state index in [0.29, 0.717) is 22.5 Å². The van der Waals surface area contributed by atoms with Crippen LogP contribution in [0.4, 0.5) is 11.4 Å². The second kappa shape index (κ2) is 8.29. The molecule has 2 aromatic carbocycles. The molecule has 0 spiro atoms. The predicted octanol–water partition coefficient (Wildman–Crippen LogP) is 4.28. The Labute approximate surface area is 188 Å². The van der Waals surface area contributed by atoms with Gasteiger partial charge in [-0.05, 0) is 41.8 Å². The number of sulfone groups is 1. The molecule has 0 N–H and O–H groups in total. The van der Waals surface area contributed by atoms with Crippen LogP contribution in [0, 0.1) is 11.3 Å². The molecule has 1 aliphatic heterocycles. The number of fused-ring (bicyclic) bond motifs is 3. The SMILES string of the molecule is CCCc1ccc(N2C(=O)Cc3c(cn(C)c3C#N)-c3cc(CS(C)(=O)=O)ccc32)cc1. The molecule has 4 rings (SSSR count). The maximum atomic E-state index is 13.5. The van der Waals surface area contributed by atoms with Crippen LogP contribution in [-0.2, 0) is 40.3 Å². The number of benzene rings is 2. The molecule has 0 radical (unpaired) electrons. The number of carbonyl (C=O) groups is 1. The number of nitriles is 1. The maximum absolute atomic E-state index is 13.5. The summed E-state index contributed by atoms with van der Waals surface area (Å²) >= 11 is 0. The lowest BCUT2D eigenvalue weighted by Gasteiger charge is -2.24. The summed E-state index contributed by atoms with van der Waals surface area (Å²) in [6.45, 7) is 2.13. The van der Waals surface area contributed by atoms with E-state index in [1.165, 1.54) is 11.8 Å². The summed E-state index contributed by atoms with van der Waals surface area (Å²) in [7, 11) is -1.44. The van der Waals surface area contributed by atoms with Gasteiger partial charge in [-0.2, -0.15) is 5.26 Å². The van der Waals surface area contributed by atoms with E-state index in [1.54, 1.807) is 22.6 Å². The second-order valence-corrected chi connectivity index (χ2v) is 10.5. The van der Waals surface area contributed by atoms with Crippen molar-refractivity contribution in [1.29, 1.82) is 5.26 Å². The van der Waals surface area contributed by atoms with Gasteiger partial charge in [-0.15, -0.1) is 0 Å². The molecule has 0 saturated carbocycles. The van der Waals surface area contributed by atoms with Crippen LogP contribution >= 0.6 is 0 Å². The lowest BCUT2D eigenvalue weighted by molar-refractivity contribution is -0.117. The number of nitrogens with zero attached hydrogens (tertiary/aromatic N) is 3. The summed E-state index contributed by atoms with van der Waals surface area (Å²) in [6, 6.07) is 15.5. The average Bonchev–Trinajstić information content (AvgIpc) is 2.98. The van der Waals surface area contributed by atoms with Crippen LogP contribution in [0.1, 0.15) is 35.7 Å². The first-order chi connectivity index (χ1) is 15.2. The standard InChI is InChI=1S/C25H25N3O3S/c1-4-5-17-6-9-19(10-7-17)28-23-11-8-18(16-32(3,30)31)12-20(23)22-15-27(2)24(14-26)21(22)13-25(28)29/h6-12,15H,4-5,13,16H2,1-3H3. The fraction of sp³-hybridized carbons (Fsp3) is 0.280. The molecule has 0 fully saturated rings. The average molecular weight is 448 g/mol. The highest BCUT2D eigenvalue weighted by molar-refractivity contribution is 7.89. The molecule has 32 heavy (non-hydrogen) atoms. The zero-order chi connectivity index (χ0) is 23.0. The minimum atomic E-state index is -3.22. The van der Waals surface area contributed by atoms with Gasteiger partial charge in [0, 0.05) is 41.9 Å². The quantitative estimate of drug-likeness (QED) is 0.584. The van der Waals surface area contributed by atoms with Crippen LogP contribution in [0.5, 0.6) is 0 Å². The number of aromatic nitrogens is 1. The van der Waals surface area contributed by atoms with Crippen LogP contribution in [0.3, 0.4) is 0 Å². The van der Waals surface area contributed by atoms with Crippen molar-refractivity contribution in [3.63, 3.8) is 0 Å². The molecule has 0 atom stereocenters. The molecule has 3 aromatic rings. The summed E-state index contributed by atoms with van der Waals surface area (Å²) < 4.78 is 25.5. The van der Waals surface area contributed by atoms with Gasteiger partial charge in [0.25, 0.3) is 0 Å². The Balaban J connectivity index is 1.92. The fourth-order valence-corrected chi connectivity index (χ4v) is 5.15. The van der Waals surface area contributed by atoms with Gasteiger partial charge < -0.3 is 4.57 Å². The summed E-state index contributed by atoms with van der Waals surface area (Å²) in [6.07, 6.45) is 5.15. The highest BCUT2D eigenvalue weighted by Crippen LogP contribution is 2.42. The zero-order valence-corrected chi connectivity index (χ0v) is 19.2. The topological polar surface area (TPSA) is 83.2 Å². The van der Waals surface area contributed by atoms with Crippen molar-refractivity contribution < 1.29 is 13.2 Å². The van der Waals surface area contributed by atoms with Crippen molar-refractivity contribution >= 4 is 27.1 Å². The molecule has 1 aromatic heterocycles. The van der Waals surface area contributed by atoms with Gasteiger partial charge in [0.2, 0.25) is 5.91 Å². The minimum Gasteiger partial charge on any atom is -0.342 e. The van der Waals surface area contributed by atoms with E-state index in [0.717, 1.165) is 29.7 Å². The lowest BCUT2D eigenvalue weighted by atomic mass is 9.99. The number of carbonyl (C=O) groups excluding carboxylic acids is 1. The van der Waals surface area contributed by atoms with Crippen molar-refractivity contribution in [2.45, 2.75) is 31.9 Å². The van der Waals surface area contributed by atoms with Crippen molar-refractivity contribution in [1.82, 2.24) is 4.57 Å². The van der Waals surface area contributed by atoms with E-state index in [1.807, 2.05) is 42.6 Å². The number of hydrogen-bond acceptors (Lipinski definition) is 4. The molecule has 0 aliphatic carbocycles. The smallest absolute Gasteiger partial charge is 0.236 e. The van der Waals surface area contributed by atoms with Crippen LogP contribution in [0.2, 0.25) is 0 Å². The molecule has 7 heteroatoms. The first-order valence-electron chi connectivity index (χ1n) is 10.5. The first-order valence-corrected chi connectivity index (χ1v) is 12.6. The van der Waals surface area contributed by atoms with Gasteiger partial charge in [0.1, 0.15) is 11.8 Å². The van der Waals surface area contributed by atoms with Crippen molar-refractivity contribution in [2.75, 3.05) is 11.2 Å². The van der Waals surface area contributed by atoms with Crippen LogP contribution in [0.15, 0.2) is 48.7 Å². The van der Waals surface area contributed by atoms with Crippen LogP contribution in [-0.4, -0.2) is 25.1 Å². The number of rotatable bonds is 5. The van der Waals surface area contributed by atoms with Crippen molar-refractivity contribution in [3.8, 4) is 17.2 Å². The highest BCUT2D eigenvalue weighted by atomic mass is 32.2. The molecule has 0 unspecified atom stereocenters. The summed E-state index contributed by atoms with van der Waals surface area (Å²) in [5.41, 5.74) is 5.93. The summed E-state index contributed by atoms with van der Waals surface area (Å²) in [5, 5.41) is 9.69. The van der Waals surface area contributed by atoms with E-state index >= 15 is 0 Å². The van der Waals surface area contributed by atoms with Gasteiger partial charge in [-0.3, -0.25) is 9.69 Å². The predicted molar refractivity (Wildman–Crippen MR) is 125 cm³/mol. The van der Waals surface area contributed by atoms with Crippen LogP contribution in [0.25, 0.3) is 11.1 Å². The zero-order valence-electron chi connectivity index (χ0n) is 18.4. The van der Waals surface area contributed by atoms with Crippen molar-refractivity contribution in [3.05, 3.63) is 71.0 Å². The summed E-state index contributed by atoms with van der Waals surface area (Å²) in [4.78, 5) is 15.1. The van der Waals surface area contributed by atoms with E-state index < -0.39 is 9.84 Å². The lowest BCUT2D eigenvalue weighted by Crippen LogP contribution is -2.27. The molecule has 1 amide bonds. The summed E-state index contributed by atoms with van der Waals surface area (Å²) in [5.74, 6) is -0.223. The van der Waals surface area contributed by atoms with Gasteiger partial charge >= 0.3 is 0 Å².